The number of benzene rings is 2. The van der Waals surface area contributed by atoms with Crippen LogP contribution >= 0.6 is 0 Å². The fraction of sp³-hybridized carbons (Fsp3) is 0.0667. The molecular weight excluding hydrogens is 300 g/mol. The molecule has 0 unspecified atom stereocenters. The van der Waals surface area contributed by atoms with Crippen LogP contribution in [0.25, 0.3) is 11.1 Å². The standard InChI is InChI=1S/C15H12N4O4/c1-9-3-2-4-10(7-9)16-14(20)18-15-17-12-6-5-11(19(21)22)8-13(12)23-15/h2-8H,1H3,(H2,16,17,18,20). The molecule has 116 valence electrons. The Morgan fingerprint density at radius 2 is 2.04 bits per heavy atom. The first-order chi connectivity index (χ1) is 11.0. The van der Waals surface area contributed by atoms with Crippen molar-refractivity contribution in [1.82, 2.24) is 4.98 Å². The number of hydrogen-bond acceptors (Lipinski definition) is 5. The van der Waals surface area contributed by atoms with E-state index in [2.05, 4.69) is 15.6 Å². The minimum absolute atomic E-state index is 0.0364. The summed E-state index contributed by atoms with van der Waals surface area (Å²) in [7, 11) is 0. The number of fused-ring (bicyclic) bond motifs is 1. The van der Waals surface area contributed by atoms with Gasteiger partial charge in [-0.25, -0.2) is 4.79 Å². The van der Waals surface area contributed by atoms with Gasteiger partial charge in [0.15, 0.2) is 5.58 Å². The Labute approximate surface area is 130 Å². The highest BCUT2D eigenvalue weighted by Crippen LogP contribution is 2.23. The number of oxazole rings is 1. The van der Waals surface area contributed by atoms with E-state index >= 15 is 0 Å². The lowest BCUT2D eigenvalue weighted by Gasteiger charge is -2.05. The zero-order chi connectivity index (χ0) is 16.4. The van der Waals surface area contributed by atoms with E-state index in [9.17, 15) is 14.9 Å². The highest BCUT2D eigenvalue weighted by Gasteiger charge is 2.13. The smallest absolute Gasteiger partial charge is 0.327 e. The summed E-state index contributed by atoms with van der Waals surface area (Å²) in [5, 5.41) is 15.8. The molecule has 8 heteroatoms. The second-order valence-corrected chi connectivity index (χ2v) is 4.88. The van der Waals surface area contributed by atoms with Gasteiger partial charge >= 0.3 is 12.0 Å². The maximum Gasteiger partial charge on any atom is 0.327 e. The van der Waals surface area contributed by atoms with Crippen LogP contribution in [0.15, 0.2) is 46.9 Å². The molecule has 3 rings (SSSR count). The van der Waals surface area contributed by atoms with Crippen molar-refractivity contribution in [3.8, 4) is 0 Å². The van der Waals surface area contributed by atoms with E-state index in [-0.39, 0.29) is 17.3 Å². The summed E-state index contributed by atoms with van der Waals surface area (Å²) < 4.78 is 5.30. The number of hydrogen-bond donors (Lipinski definition) is 2. The van der Waals surface area contributed by atoms with Gasteiger partial charge in [-0.3, -0.25) is 15.4 Å². The molecule has 0 atom stereocenters. The molecule has 3 aromatic rings. The number of carbonyl (C=O) groups is 1. The average Bonchev–Trinajstić information content (AvgIpc) is 2.87. The molecule has 2 aromatic carbocycles. The number of nitro benzene ring substituents is 1. The van der Waals surface area contributed by atoms with Gasteiger partial charge in [-0.15, -0.1) is 0 Å². The largest absolute Gasteiger partial charge is 0.423 e. The molecule has 0 radical (unpaired) electrons. The minimum Gasteiger partial charge on any atom is -0.423 e. The number of amides is 2. The summed E-state index contributed by atoms with van der Waals surface area (Å²) >= 11 is 0. The van der Waals surface area contributed by atoms with Crippen molar-refractivity contribution in [2.24, 2.45) is 0 Å². The number of urea groups is 1. The Hall–Kier alpha value is -3.42. The van der Waals surface area contributed by atoms with Gasteiger partial charge in [-0.05, 0) is 30.7 Å². The third-order valence-electron chi connectivity index (χ3n) is 3.08. The van der Waals surface area contributed by atoms with Crippen LogP contribution in [0.3, 0.4) is 0 Å². The molecule has 0 bridgehead atoms. The van der Waals surface area contributed by atoms with E-state index in [4.69, 9.17) is 4.42 Å². The van der Waals surface area contributed by atoms with Gasteiger partial charge < -0.3 is 9.73 Å². The molecule has 0 aliphatic rings. The van der Waals surface area contributed by atoms with Gasteiger partial charge in [0, 0.05) is 11.8 Å². The third-order valence-corrected chi connectivity index (χ3v) is 3.08. The van der Waals surface area contributed by atoms with Gasteiger partial charge in [0.2, 0.25) is 0 Å². The molecule has 0 fully saturated rings. The van der Waals surface area contributed by atoms with Gasteiger partial charge in [-0.1, -0.05) is 12.1 Å². The second kappa shape index (κ2) is 5.76. The SMILES string of the molecule is Cc1cccc(NC(=O)Nc2nc3ccc([N+](=O)[O-])cc3o2)c1. The molecule has 0 saturated carbocycles. The molecule has 0 spiro atoms. The van der Waals surface area contributed by atoms with Crippen LogP contribution in [0.1, 0.15) is 5.56 Å². The predicted molar refractivity (Wildman–Crippen MR) is 84.5 cm³/mol. The zero-order valence-corrected chi connectivity index (χ0v) is 12.1. The van der Waals surface area contributed by atoms with Crippen LogP contribution in [0.4, 0.5) is 22.2 Å². The number of nitro groups is 1. The van der Waals surface area contributed by atoms with Crippen molar-refractivity contribution >= 4 is 34.5 Å². The number of rotatable bonds is 3. The second-order valence-electron chi connectivity index (χ2n) is 4.88. The lowest BCUT2D eigenvalue weighted by atomic mass is 10.2. The molecule has 2 N–H and O–H groups in total. The first kappa shape index (κ1) is 14.5. The Balaban J connectivity index is 1.75. The van der Waals surface area contributed by atoms with Gasteiger partial charge in [0.25, 0.3) is 5.69 Å². The number of nitrogens with one attached hydrogen (secondary N) is 2. The number of aromatic nitrogens is 1. The molecule has 0 aliphatic carbocycles. The summed E-state index contributed by atoms with van der Waals surface area (Å²) in [6, 6.07) is 10.8. The Bertz CT molecular complexity index is 903. The molecule has 0 saturated heterocycles. The van der Waals surface area contributed by atoms with Gasteiger partial charge in [0.05, 0.1) is 11.0 Å². The number of non-ortho nitro benzene ring substituents is 1. The third kappa shape index (κ3) is 3.26. The van der Waals surface area contributed by atoms with Gasteiger partial charge in [0.1, 0.15) is 5.52 Å². The Kier molecular flexibility index (Phi) is 3.63. The summed E-state index contributed by atoms with van der Waals surface area (Å²) in [5.41, 5.74) is 2.18. The molecule has 23 heavy (non-hydrogen) atoms. The first-order valence-electron chi connectivity index (χ1n) is 6.71. The molecule has 0 aliphatic heterocycles. The summed E-state index contributed by atoms with van der Waals surface area (Å²) in [6.07, 6.45) is 0. The van der Waals surface area contributed by atoms with E-state index < -0.39 is 11.0 Å². The van der Waals surface area contributed by atoms with Crippen LogP contribution < -0.4 is 10.6 Å². The normalized spacial score (nSPS) is 10.5. The summed E-state index contributed by atoms with van der Waals surface area (Å²) in [6.45, 7) is 1.91. The molecule has 1 heterocycles. The number of nitrogens with zero attached hydrogens (tertiary/aromatic N) is 2. The molecule has 2 amide bonds. The zero-order valence-electron chi connectivity index (χ0n) is 12.1. The Morgan fingerprint density at radius 3 is 2.78 bits per heavy atom. The van der Waals surface area contributed by atoms with Crippen molar-refractivity contribution in [2.45, 2.75) is 6.92 Å². The van der Waals surface area contributed by atoms with Crippen LogP contribution in [0.2, 0.25) is 0 Å². The Morgan fingerprint density at radius 1 is 1.22 bits per heavy atom. The maximum atomic E-state index is 11.9. The summed E-state index contributed by atoms with van der Waals surface area (Å²) in [4.78, 5) is 26.2. The van der Waals surface area contributed by atoms with Crippen molar-refractivity contribution < 1.29 is 14.1 Å². The maximum absolute atomic E-state index is 11.9. The van der Waals surface area contributed by atoms with Crippen LogP contribution in [0, 0.1) is 17.0 Å². The van der Waals surface area contributed by atoms with Crippen LogP contribution in [-0.2, 0) is 0 Å². The van der Waals surface area contributed by atoms with Crippen molar-refractivity contribution in [1.29, 1.82) is 0 Å². The highest BCUT2D eigenvalue weighted by molar-refractivity contribution is 5.99. The average molecular weight is 312 g/mol. The topological polar surface area (TPSA) is 110 Å². The minimum atomic E-state index is -0.528. The van der Waals surface area contributed by atoms with E-state index in [1.807, 2.05) is 25.1 Å². The van der Waals surface area contributed by atoms with Crippen LogP contribution in [-0.4, -0.2) is 15.9 Å². The number of anilines is 2. The lowest BCUT2D eigenvalue weighted by molar-refractivity contribution is -0.384. The van der Waals surface area contributed by atoms with Crippen LogP contribution in [0.5, 0.6) is 0 Å². The monoisotopic (exact) mass is 312 g/mol. The fourth-order valence-electron chi connectivity index (χ4n) is 2.06. The predicted octanol–water partition coefficient (Wildman–Crippen LogP) is 3.69. The van der Waals surface area contributed by atoms with Gasteiger partial charge in [-0.2, -0.15) is 4.98 Å². The molecular formula is C15H12N4O4. The van der Waals surface area contributed by atoms with Crippen molar-refractivity contribution in [2.75, 3.05) is 10.6 Å². The first-order valence-corrected chi connectivity index (χ1v) is 6.71. The molecule has 1 aromatic heterocycles. The quantitative estimate of drug-likeness (QED) is 0.566. The number of carbonyl (C=O) groups excluding carboxylic acids is 1. The molecule has 8 nitrogen and oxygen atoms in total. The van der Waals surface area contributed by atoms with E-state index in [0.717, 1.165) is 5.56 Å². The van der Waals surface area contributed by atoms with E-state index in [1.165, 1.54) is 18.2 Å². The van der Waals surface area contributed by atoms with E-state index in [0.29, 0.717) is 11.2 Å². The van der Waals surface area contributed by atoms with Crippen molar-refractivity contribution in [3.63, 3.8) is 0 Å². The highest BCUT2D eigenvalue weighted by atomic mass is 16.6. The van der Waals surface area contributed by atoms with Crippen molar-refractivity contribution in [3.05, 3.63) is 58.1 Å². The lowest BCUT2D eigenvalue weighted by Crippen LogP contribution is -2.19. The fourth-order valence-corrected chi connectivity index (χ4v) is 2.06. The van der Waals surface area contributed by atoms with E-state index in [1.54, 1.807) is 6.07 Å². The number of aryl methyl sites for hydroxylation is 1. The summed E-state index contributed by atoms with van der Waals surface area (Å²) in [5.74, 6) is 0.